The number of anilines is 1. The standard InChI is InChI=1S/C17H15FN2O/c18-15-6-1-13(2-7-15)5-10-17(21)20-16-8-3-14(4-9-16)11-12-19/h1-4,6-9H,5,10-11H2,(H,20,21). The van der Waals surface area contributed by atoms with E-state index in [0.717, 1.165) is 11.1 Å². The van der Waals surface area contributed by atoms with Gasteiger partial charge in [-0.1, -0.05) is 24.3 Å². The van der Waals surface area contributed by atoms with Crippen molar-refractivity contribution in [3.8, 4) is 6.07 Å². The summed E-state index contributed by atoms with van der Waals surface area (Å²) in [7, 11) is 0. The maximum atomic E-state index is 12.8. The van der Waals surface area contributed by atoms with Crippen LogP contribution in [0.2, 0.25) is 0 Å². The zero-order chi connectivity index (χ0) is 15.1. The molecule has 0 atom stereocenters. The molecule has 0 aliphatic rings. The van der Waals surface area contributed by atoms with E-state index in [0.29, 0.717) is 24.9 Å². The van der Waals surface area contributed by atoms with Crippen molar-refractivity contribution in [1.82, 2.24) is 0 Å². The summed E-state index contributed by atoms with van der Waals surface area (Å²) in [6.07, 6.45) is 1.27. The lowest BCUT2D eigenvalue weighted by Gasteiger charge is -2.06. The molecule has 0 aliphatic heterocycles. The van der Waals surface area contributed by atoms with Gasteiger partial charge in [0.15, 0.2) is 0 Å². The van der Waals surface area contributed by atoms with E-state index in [4.69, 9.17) is 5.26 Å². The lowest BCUT2D eigenvalue weighted by atomic mass is 10.1. The zero-order valence-electron chi connectivity index (χ0n) is 11.5. The van der Waals surface area contributed by atoms with Gasteiger partial charge in [-0.3, -0.25) is 4.79 Å². The van der Waals surface area contributed by atoms with Crippen LogP contribution < -0.4 is 5.32 Å². The van der Waals surface area contributed by atoms with Crippen molar-refractivity contribution in [1.29, 1.82) is 5.26 Å². The Morgan fingerprint density at radius 1 is 1.05 bits per heavy atom. The van der Waals surface area contributed by atoms with Gasteiger partial charge in [-0.15, -0.1) is 0 Å². The van der Waals surface area contributed by atoms with Crippen LogP contribution in [0.1, 0.15) is 17.5 Å². The third-order valence-electron chi connectivity index (χ3n) is 3.07. The predicted octanol–water partition coefficient (Wildman–Crippen LogP) is 3.46. The zero-order valence-corrected chi connectivity index (χ0v) is 11.5. The Balaban J connectivity index is 1.84. The van der Waals surface area contributed by atoms with Gasteiger partial charge in [0.25, 0.3) is 0 Å². The molecule has 0 bridgehead atoms. The maximum absolute atomic E-state index is 12.8. The number of aryl methyl sites for hydroxylation is 1. The van der Waals surface area contributed by atoms with Crippen LogP contribution in [0.15, 0.2) is 48.5 Å². The monoisotopic (exact) mass is 282 g/mol. The van der Waals surface area contributed by atoms with Gasteiger partial charge in [-0.2, -0.15) is 5.26 Å². The number of nitrogens with one attached hydrogen (secondary N) is 1. The SMILES string of the molecule is N#CCc1ccc(NC(=O)CCc2ccc(F)cc2)cc1. The Kier molecular flexibility index (Phi) is 5.05. The quantitative estimate of drug-likeness (QED) is 0.913. The first-order chi connectivity index (χ1) is 10.2. The molecular weight excluding hydrogens is 267 g/mol. The molecule has 21 heavy (non-hydrogen) atoms. The molecule has 0 aromatic heterocycles. The van der Waals surface area contributed by atoms with Crippen LogP contribution in [-0.2, 0) is 17.6 Å². The molecule has 0 heterocycles. The van der Waals surface area contributed by atoms with E-state index >= 15 is 0 Å². The maximum Gasteiger partial charge on any atom is 0.224 e. The summed E-state index contributed by atoms with van der Waals surface area (Å²) in [5.74, 6) is -0.368. The van der Waals surface area contributed by atoms with E-state index in [1.54, 1.807) is 24.3 Å². The van der Waals surface area contributed by atoms with Crippen LogP contribution >= 0.6 is 0 Å². The largest absolute Gasteiger partial charge is 0.326 e. The highest BCUT2D eigenvalue weighted by atomic mass is 19.1. The van der Waals surface area contributed by atoms with Crippen LogP contribution in [0.3, 0.4) is 0 Å². The fraction of sp³-hybridized carbons (Fsp3) is 0.176. The summed E-state index contributed by atoms with van der Waals surface area (Å²) in [5.41, 5.74) is 2.55. The number of halogens is 1. The molecule has 0 fully saturated rings. The molecule has 0 radical (unpaired) electrons. The summed E-state index contributed by atoms with van der Waals surface area (Å²) < 4.78 is 12.8. The van der Waals surface area contributed by atoms with Gasteiger partial charge in [0.2, 0.25) is 5.91 Å². The topological polar surface area (TPSA) is 52.9 Å². The van der Waals surface area contributed by atoms with Crippen molar-refractivity contribution in [2.24, 2.45) is 0 Å². The van der Waals surface area contributed by atoms with E-state index in [1.165, 1.54) is 12.1 Å². The minimum atomic E-state index is -0.277. The molecule has 0 unspecified atom stereocenters. The number of benzene rings is 2. The molecule has 4 heteroatoms. The number of amides is 1. The summed E-state index contributed by atoms with van der Waals surface area (Å²) in [5, 5.41) is 11.4. The molecule has 0 spiro atoms. The van der Waals surface area contributed by atoms with E-state index < -0.39 is 0 Å². The number of hydrogen-bond donors (Lipinski definition) is 1. The molecule has 2 aromatic rings. The van der Waals surface area contributed by atoms with E-state index in [-0.39, 0.29) is 11.7 Å². The summed E-state index contributed by atoms with van der Waals surface area (Å²) >= 11 is 0. The molecule has 2 aromatic carbocycles. The predicted molar refractivity (Wildman–Crippen MR) is 79.1 cm³/mol. The number of nitriles is 1. The van der Waals surface area contributed by atoms with Crippen molar-refractivity contribution in [3.05, 3.63) is 65.5 Å². The Bertz CT molecular complexity index is 642. The molecule has 1 amide bonds. The highest BCUT2D eigenvalue weighted by Gasteiger charge is 2.03. The first-order valence-corrected chi connectivity index (χ1v) is 6.67. The van der Waals surface area contributed by atoms with Gasteiger partial charge in [-0.25, -0.2) is 4.39 Å². The van der Waals surface area contributed by atoms with Crippen molar-refractivity contribution in [3.63, 3.8) is 0 Å². The fourth-order valence-electron chi connectivity index (χ4n) is 1.93. The van der Waals surface area contributed by atoms with Crippen molar-refractivity contribution >= 4 is 11.6 Å². The average molecular weight is 282 g/mol. The lowest BCUT2D eigenvalue weighted by molar-refractivity contribution is -0.116. The molecule has 2 rings (SSSR count). The summed E-state index contributed by atoms with van der Waals surface area (Å²) in [4.78, 5) is 11.8. The highest BCUT2D eigenvalue weighted by molar-refractivity contribution is 5.90. The van der Waals surface area contributed by atoms with Gasteiger partial charge in [0.05, 0.1) is 12.5 Å². The Morgan fingerprint density at radius 2 is 1.67 bits per heavy atom. The van der Waals surface area contributed by atoms with Crippen LogP contribution in [0, 0.1) is 17.1 Å². The van der Waals surface area contributed by atoms with Crippen molar-refractivity contribution in [2.75, 3.05) is 5.32 Å². The van der Waals surface area contributed by atoms with Crippen LogP contribution in [0.4, 0.5) is 10.1 Å². The minimum Gasteiger partial charge on any atom is -0.326 e. The van der Waals surface area contributed by atoms with Crippen LogP contribution in [-0.4, -0.2) is 5.91 Å². The Morgan fingerprint density at radius 3 is 2.29 bits per heavy atom. The van der Waals surface area contributed by atoms with E-state index in [9.17, 15) is 9.18 Å². The second-order valence-electron chi connectivity index (χ2n) is 4.71. The van der Waals surface area contributed by atoms with E-state index in [1.807, 2.05) is 12.1 Å². The second-order valence-corrected chi connectivity index (χ2v) is 4.71. The average Bonchev–Trinajstić information content (AvgIpc) is 2.49. The second kappa shape index (κ2) is 7.20. The summed E-state index contributed by atoms with van der Waals surface area (Å²) in [6, 6.07) is 15.4. The molecule has 1 N–H and O–H groups in total. The minimum absolute atomic E-state index is 0.0904. The molecule has 0 aliphatic carbocycles. The lowest BCUT2D eigenvalue weighted by Crippen LogP contribution is -2.12. The van der Waals surface area contributed by atoms with E-state index in [2.05, 4.69) is 11.4 Å². The molecule has 106 valence electrons. The third kappa shape index (κ3) is 4.73. The number of hydrogen-bond acceptors (Lipinski definition) is 2. The Labute approximate surface area is 123 Å². The van der Waals surface area contributed by atoms with Gasteiger partial charge in [-0.05, 0) is 41.8 Å². The number of carbonyl (C=O) groups is 1. The summed E-state index contributed by atoms with van der Waals surface area (Å²) in [6.45, 7) is 0. The van der Waals surface area contributed by atoms with Gasteiger partial charge < -0.3 is 5.32 Å². The van der Waals surface area contributed by atoms with Gasteiger partial charge >= 0.3 is 0 Å². The smallest absolute Gasteiger partial charge is 0.224 e. The number of carbonyl (C=O) groups excluding carboxylic acids is 1. The van der Waals surface area contributed by atoms with Crippen LogP contribution in [0.5, 0.6) is 0 Å². The van der Waals surface area contributed by atoms with Crippen molar-refractivity contribution < 1.29 is 9.18 Å². The third-order valence-corrected chi connectivity index (χ3v) is 3.07. The normalized spacial score (nSPS) is 9.90. The number of rotatable bonds is 5. The number of nitrogens with zero attached hydrogens (tertiary/aromatic N) is 1. The molecular formula is C17H15FN2O. The highest BCUT2D eigenvalue weighted by Crippen LogP contribution is 2.11. The Hall–Kier alpha value is -2.67. The molecule has 0 saturated carbocycles. The molecule has 3 nitrogen and oxygen atoms in total. The molecule has 0 saturated heterocycles. The first-order valence-electron chi connectivity index (χ1n) is 6.67. The van der Waals surface area contributed by atoms with Gasteiger partial charge in [0.1, 0.15) is 5.82 Å². The fourth-order valence-corrected chi connectivity index (χ4v) is 1.93. The van der Waals surface area contributed by atoms with Crippen molar-refractivity contribution in [2.45, 2.75) is 19.3 Å². The first kappa shape index (κ1) is 14.7. The van der Waals surface area contributed by atoms with Crippen LogP contribution in [0.25, 0.3) is 0 Å². The van der Waals surface area contributed by atoms with Gasteiger partial charge in [0, 0.05) is 12.1 Å².